The molecule has 0 aromatic heterocycles. The van der Waals surface area contributed by atoms with Crippen LogP contribution in [0.2, 0.25) is 0 Å². The number of hydrogen-bond donors (Lipinski definition) is 2. The largest absolute Gasteiger partial charge is 0.396 e. The van der Waals surface area contributed by atoms with Crippen LogP contribution in [0.25, 0.3) is 0 Å². The lowest BCUT2D eigenvalue weighted by Gasteiger charge is -2.46. The van der Waals surface area contributed by atoms with Crippen molar-refractivity contribution in [2.75, 3.05) is 6.61 Å². The molecule has 2 heteroatoms. The second-order valence-electron chi connectivity index (χ2n) is 8.56. The number of aliphatic hydroxyl groups excluding tert-OH is 2. The number of aliphatic hydroxyl groups is 2. The van der Waals surface area contributed by atoms with Crippen molar-refractivity contribution in [2.24, 2.45) is 16.2 Å². The van der Waals surface area contributed by atoms with Crippen LogP contribution in [0, 0.1) is 16.2 Å². The van der Waals surface area contributed by atoms with E-state index in [9.17, 15) is 10.2 Å². The molecule has 0 aromatic rings. The number of allylic oxidation sites excluding steroid dienone is 5. The molecule has 0 saturated carbocycles. The molecule has 0 fully saturated rings. The Bertz CT molecular complexity index is 526. The van der Waals surface area contributed by atoms with Gasteiger partial charge in [0.2, 0.25) is 0 Å². The average Bonchev–Trinajstić information content (AvgIpc) is 2.47. The molecular weight excluding hydrogens is 284 g/mol. The maximum Gasteiger partial charge on any atom is 0.0631 e. The Morgan fingerprint density at radius 1 is 1.04 bits per heavy atom. The topological polar surface area (TPSA) is 40.5 Å². The molecule has 0 bridgehead atoms. The Morgan fingerprint density at radius 3 is 2.17 bits per heavy atom. The first kappa shape index (κ1) is 18.5. The molecule has 0 amide bonds. The molecule has 0 aliphatic heterocycles. The van der Waals surface area contributed by atoms with Gasteiger partial charge in [-0.15, -0.1) is 0 Å². The third-order valence-corrected chi connectivity index (χ3v) is 6.79. The van der Waals surface area contributed by atoms with E-state index in [0.29, 0.717) is 0 Å². The van der Waals surface area contributed by atoms with Gasteiger partial charge in [0.15, 0.2) is 0 Å². The van der Waals surface area contributed by atoms with Crippen LogP contribution >= 0.6 is 0 Å². The molecule has 3 atom stereocenters. The first-order valence-corrected chi connectivity index (χ1v) is 9.01. The Morgan fingerprint density at radius 2 is 1.61 bits per heavy atom. The Labute approximate surface area is 142 Å². The molecule has 2 N–H and O–H groups in total. The van der Waals surface area contributed by atoms with Crippen molar-refractivity contribution in [3.05, 3.63) is 35.5 Å². The van der Waals surface area contributed by atoms with E-state index in [1.54, 1.807) is 0 Å². The molecule has 0 aromatic carbocycles. The first-order valence-electron chi connectivity index (χ1n) is 9.01. The SMILES string of the molecule is CC1=C(CC[C@@]2(C)C=CC=C[C@]2(C)CCO)C(C)(C)[C@@H](O)CC1. The van der Waals surface area contributed by atoms with Crippen LogP contribution in [0.3, 0.4) is 0 Å². The highest BCUT2D eigenvalue weighted by Gasteiger charge is 2.43. The molecular formula is C21H34O2. The van der Waals surface area contributed by atoms with Crippen LogP contribution in [0.15, 0.2) is 35.5 Å². The van der Waals surface area contributed by atoms with E-state index in [1.807, 2.05) is 0 Å². The summed E-state index contributed by atoms with van der Waals surface area (Å²) in [4.78, 5) is 0. The van der Waals surface area contributed by atoms with Gasteiger partial charge in [0.05, 0.1) is 6.10 Å². The molecule has 2 aliphatic rings. The number of rotatable bonds is 5. The van der Waals surface area contributed by atoms with Gasteiger partial charge in [-0.3, -0.25) is 0 Å². The average molecular weight is 319 g/mol. The third kappa shape index (κ3) is 3.34. The molecule has 23 heavy (non-hydrogen) atoms. The van der Waals surface area contributed by atoms with Gasteiger partial charge < -0.3 is 10.2 Å². The van der Waals surface area contributed by atoms with Gasteiger partial charge in [0.25, 0.3) is 0 Å². The maximum atomic E-state index is 10.4. The summed E-state index contributed by atoms with van der Waals surface area (Å²) < 4.78 is 0. The highest BCUT2D eigenvalue weighted by molar-refractivity contribution is 5.28. The molecule has 0 unspecified atom stereocenters. The lowest BCUT2D eigenvalue weighted by Crippen LogP contribution is -2.39. The molecule has 0 radical (unpaired) electrons. The fraction of sp³-hybridized carbons (Fsp3) is 0.714. The van der Waals surface area contributed by atoms with E-state index in [-0.39, 0.29) is 29.0 Å². The van der Waals surface area contributed by atoms with E-state index in [4.69, 9.17) is 0 Å². The van der Waals surface area contributed by atoms with Crippen molar-refractivity contribution >= 4 is 0 Å². The van der Waals surface area contributed by atoms with Gasteiger partial charge in [-0.25, -0.2) is 0 Å². The van der Waals surface area contributed by atoms with Crippen molar-refractivity contribution in [3.8, 4) is 0 Å². The second kappa shape index (κ2) is 6.57. The zero-order valence-electron chi connectivity index (χ0n) is 15.5. The monoisotopic (exact) mass is 318 g/mol. The van der Waals surface area contributed by atoms with Gasteiger partial charge in [-0.05, 0) is 49.9 Å². The molecule has 0 spiro atoms. The minimum Gasteiger partial charge on any atom is -0.396 e. The summed E-state index contributed by atoms with van der Waals surface area (Å²) in [5.41, 5.74) is 2.80. The second-order valence-corrected chi connectivity index (χ2v) is 8.56. The molecule has 2 nitrogen and oxygen atoms in total. The minimum absolute atomic E-state index is 0.0115. The summed E-state index contributed by atoms with van der Waals surface area (Å²) in [6, 6.07) is 0. The van der Waals surface area contributed by atoms with Crippen molar-refractivity contribution in [2.45, 2.75) is 72.8 Å². The molecule has 0 saturated heterocycles. The van der Waals surface area contributed by atoms with Gasteiger partial charge in [-0.1, -0.05) is 63.1 Å². The van der Waals surface area contributed by atoms with E-state index >= 15 is 0 Å². The number of hydrogen-bond acceptors (Lipinski definition) is 2. The summed E-state index contributed by atoms with van der Waals surface area (Å²) in [6.07, 6.45) is 13.3. The quantitative estimate of drug-likeness (QED) is 0.716. The lowest BCUT2D eigenvalue weighted by atomic mass is 9.58. The fourth-order valence-corrected chi connectivity index (χ4v) is 4.42. The van der Waals surface area contributed by atoms with Gasteiger partial charge in [0, 0.05) is 12.0 Å². The minimum atomic E-state index is -0.236. The maximum absolute atomic E-state index is 10.4. The summed E-state index contributed by atoms with van der Waals surface area (Å²) in [5.74, 6) is 0. The Hall–Kier alpha value is -0.860. The summed E-state index contributed by atoms with van der Waals surface area (Å²) >= 11 is 0. The highest BCUT2D eigenvalue weighted by Crippen LogP contribution is 2.52. The molecule has 2 rings (SSSR count). The van der Waals surface area contributed by atoms with Crippen LogP contribution in [0.1, 0.15) is 66.7 Å². The summed E-state index contributed by atoms with van der Waals surface area (Å²) in [6.45, 7) is 11.4. The van der Waals surface area contributed by atoms with E-state index in [0.717, 1.165) is 32.1 Å². The van der Waals surface area contributed by atoms with Crippen molar-refractivity contribution in [3.63, 3.8) is 0 Å². The van der Waals surface area contributed by atoms with Crippen molar-refractivity contribution in [1.82, 2.24) is 0 Å². The predicted octanol–water partition coefficient (Wildman–Crippen LogP) is 4.79. The van der Waals surface area contributed by atoms with Crippen molar-refractivity contribution in [1.29, 1.82) is 0 Å². The zero-order chi connectivity index (χ0) is 17.3. The Kier molecular flexibility index (Phi) is 5.27. The smallest absolute Gasteiger partial charge is 0.0631 e. The van der Waals surface area contributed by atoms with Gasteiger partial charge in [0.1, 0.15) is 0 Å². The molecule has 0 heterocycles. The summed E-state index contributed by atoms with van der Waals surface area (Å²) in [5, 5.41) is 19.9. The zero-order valence-corrected chi connectivity index (χ0v) is 15.5. The third-order valence-electron chi connectivity index (χ3n) is 6.79. The van der Waals surface area contributed by atoms with E-state index in [1.165, 1.54) is 11.1 Å². The van der Waals surface area contributed by atoms with Crippen LogP contribution < -0.4 is 0 Å². The van der Waals surface area contributed by atoms with Crippen LogP contribution in [-0.2, 0) is 0 Å². The van der Waals surface area contributed by atoms with Gasteiger partial charge in [-0.2, -0.15) is 0 Å². The molecule has 2 aliphatic carbocycles. The standard InChI is InChI=1S/C21H34O2/c1-16-8-9-18(23)19(2,3)17(16)10-13-20(4)11-6-7-12-21(20,5)14-15-22/h6-7,11-12,18,22-23H,8-10,13-15H2,1-5H3/t18-,20+,21+/m0/s1. The predicted molar refractivity (Wildman–Crippen MR) is 97.2 cm³/mol. The van der Waals surface area contributed by atoms with Gasteiger partial charge >= 0.3 is 0 Å². The normalized spacial score (nSPS) is 36.6. The van der Waals surface area contributed by atoms with E-state index < -0.39 is 0 Å². The van der Waals surface area contributed by atoms with Crippen molar-refractivity contribution < 1.29 is 10.2 Å². The van der Waals surface area contributed by atoms with Crippen LogP contribution in [0.4, 0.5) is 0 Å². The first-order chi connectivity index (χ1) is 10.7. The lowest BCUT2D eigenvalue weighted by molar-refractivity contribution is 0.0522. The Balaban J connectivity index is 2.21. The molecule has 130 valence electrons. The highest BCUT2D eigenvalue weighted by atomic mass is 16.3. The van der Waals surface area contributed by atoms with Crippen LogP contribution in [-0.4, -0.2) is 22.9 Å². The van der Waals surface area contributed by atoms with Crippen LogP contribution in [0.5, 0.6) is 0 Å². The van der Waals surface area contributed by atoms with E-state index in [2.05, 4.69) is 58.9 Å². The summed E-state index contributed by atoms with van der Waals surface area (Å²) in [7, 11) is 0. The fourth-order valence-electron chi connectivity index (χ4n) is 4.42.